The van der Waals surface area contributed by atoms with Crippen LogP contribution in [-0.2, 0) is 4.74 Å². The Bertz CT molecular complexity index is 520. The second-order valence-corrected chi connectivity index (χ2v) is 7.30. The number of aliphatic hydroxyl groups excluding tert-OH is 2. The molecule has 1 aromatic rings. The van der Waals surface area contributed by atoms with E-state index in [0.29, 0.717) is 12.6 Å². The summed E-state index contributed by atoms with van der Waals surface area (Å²) < 4.78 is 5.93. The molecule has 0 aromatic heterocycles. The molecule has 2 saturated heterocycles. The lowest BCUT2D eigenvalue weighted by Crippen LogP contribution is -2.57. The van der Waals surface area contributed by atoms with Crippen LogP contribution in [0.2, 0.25) is 0 Å². The number of hydrogen-bond donors (Lipinski definition) is 3. The van der Waals surface area contributed by atoms with Gasteiger partial charge in [-0.15, -0.1) is 0 Å². The standard InChI is InChI=1S/C19H31N3O3/c1-14(2)20-12-16-18(19(24)17(13-23)25-16)22-10-8-21(9-11-22)15-6-4-3-5-7-15/h3-7,14,16-20,23-24H,8-13H2,1-2H3/t16-,17-,18-,19+/m0/s1. The van der Waals surface area contributed by atoms with E-state index in [4.69, 9.17) is 4.74 Å². The van der Waals surface area contributed by atoms with Gasteiger partial charge in [-0.05, 0) is 12.1 Å². The number of anilines is 1. The predicted octanol–water partition coefficient (Wildman–Crippen LogP) is 0.296. The monoisotopic (exact) mass is 349 g/mol. The molecule has 2 heterocycles. The van der Waals surface area contributed by atoms with Crippen LogP contribution in [0.25, 0.3) is 0 Å². The van der Waals surface area contributed by atoms with Gasteiger partial charge in [0, 0.05) is 44.5 Å². The summed E-state index contributed by atoms with van der Waals surface area (Å²) in [5, 5.41) is 23.6. The maximum Gasteiger partial charge on any atom is 0.109 e. The molecule has 140 valence electrons. The first kappa shape index (κ1) is 18.6. The lowest BCUT2D eigenvalue weighted by Gasteiger charge is -2.41. The Hall–Kier alpha value is -1.18. The van der Waals surface area contributed by atoms with Gasteiger partial charge < -0.3 is 25.2 Å². The molecule has 0 unspecified atom stereocenters. The van der Waals surface area contributed by atoms with Crippen molar-refractivity contribution in [3.05, 3.63) is 30.3 Å². The number of piperazine rings is 1. The van der Waals surface area contributed by atoms with Gasteiger partial charge in [0.2, 0.25) is 0 Å². The normalized spacial score (nSPS) is 31.0. The Morgan fingerprint density at radius 2 is 1.80 bits per heavy atom. The van der Waals surface area contributed by atoms with Crippen molar-refractivity contribution in [2.75, 3.05) is 44.2 Å². The molecule has 0 radical (unpaired) electrons. The summed E-state index contributed by atoms with van der Waals surface area (Å²) in [6.45, 7) is 8.38. The van der Waals surface area contributed by atoms with Gasteiger partial charge in [-0.2, -0.15) is 0 Å². The van der Waals surface area contributed by atoms with Crippen molar-refractivity contribution < 1.29 is 14.9 Å². The third-order valence-electron chi connectivity index (χ3n) is 5.23. The van der Waals surface area contributed by atoms with E-state index in [1.807, 2.05) is 6.07 Å². The van der Waals surface area contributed by atoms with Crippen LogP contribution >= 0.6 is 0 Å². The second kappa shape index (κ2) is 8.47. The quantitative estimate of drug-likeness (QED) is 0.686. The van der Waals surface area contributed by atoms with Crippen molar-refractivity contribution in [2.24, 2.45) is 0 Å². The fourth-order valence-corrected chi connectivity index (χ4v) is 3.87. The highest BCUT2D eigenvalue weighted by Gasteiger charge is 2.46. The smallest absolute Gasteiger partial charge is 0.109 e. The minimum atomic E-state index is -0.646. The van der Waals surface area contributed by atoms with E-state index in [9.17, 15) is 10.2 Å². The number of hydrogen-bond acceptors (Lipinski definition) is 6. The SMILES string of the molecule is CC(C)NC[C@@H]1O[C@@H](CO)[C@@H](O)[C@H]1N1CCN(c2ccccc2)CC1. The van der Waals surface area contributed by atoms with E-state index in [1.165, 1.54) is 5.69 Å². The van der Waals surface area contributed by atoms with Gasteiger partial charge in [-0.25, -0.2) is 0 Å². The molecule has 3 rings (SSSR count). The summed E-state index contributed by atoms with van der Waals surface area (Å²) in [5.41, 5.74) is 1.25. The third kappa shape index (κ3) is 4.33. The van der Waals surface area contributed by atoms with Gasteiger partial charge >= 0.3 is 0 Å². The summed E-state index contributed by atoms with van der Waals surface area (Å²) in [7, 11) is 0. The van der Waals surface area contributed by atoms with Crippen LogP contribution in [0.4, 0.5) is 5.69 Å². The molecule has 2 aliphatic rings. The first-order valence-corrected chi connectivity index (χ1v) is 9.32. The first-order valence-electron chi connectivity index (χ1n) is 9.32. The van der Waals surface area contributed by atoms with Crippen molar-refractivity contribution in [3.8, 4) is 0 Å². The highest BCUT2D eigenvalue weighted by atomic mass is 16.5. The summed E-state index contributed by atoms with van der Waals surface area (Å²) >= 11 is 0. The molecular formula is C19H31N3O3. The van der Waals surface area contributed by atoms with Crippen LogP contribution in [0.15, 0.2) is 30.3 Å². The molecule has 6 heteroatoms. The largest absolute Gasteiger partial charge is 0.394 e. The van der Waals surface area contributed by atoms with Crippen LogP contribution in [0.5, 0.6) is 0 Å². The summed E-state index contributed by atoms with van der Waals surface area (Å²) in [6, 6.07) is 10.7. The van der Waals surface area contributed by atoms with Gasteiger partial charge in [0.15, 0.2) is 0 Å². The molecule has 2 fully saturated rings. The number of nitrogens with zero attached hydrogens (tertiary/aromatic N) is 2. The maximum absolute atomic E-state index is 10.7. The fourth-order valence-electron chi connectivity index (χ4n) is 3.87. The van der Waals surface area contributed by atoms with Gasteiger partial charge in [0.25, 0.3) is 0 Å². The van der Waals surface area contributed by atoms with E-state index < -0.39 is 12.2 Å². The molecule has 25 heavy (non-hydrogen) atoms. The number of nitrogens with one attached hydrogen (secondary N) is 1. The van der Waals surface area contributed by atoms with Gasteiger partial charge in [-0.3, -0.25) is 4.90 Å². The van der Waals surface area contributed by atoms with E-state index in [1.54, 1.807) is 0 Å². The highest BCUT2D eigenvalue weighted by Crippen LogP contribution is 2.27. The van der Waals surface area contributed by atoms with Gasteiger partial charge in [-0.1, -0.05) is 32.0 Å². The van der Waals surface area contributed by atoms with E-state index in [0.717, 1.165) is 26.2 Å². The Morgan fingerprint density at radius 3 is 2.40 bits per heavy atom. The molecule has 0 amide bonds. The van der Waals surface area contributed by atoms with Crippen molar-refractivity contribution in [3.63, 3.8) is 0 Å². The molecule has 0 aliphatic carbocycles. The molecule has 6 nitrogen and oxygen atoms in total. The summed E-state index contributed by atoms with van der Waals surface area (Å²) in [4.78, 5) is 4.70. The van der Waals surface area contributed by atoms with Gasteiger partial charge in [0.1, 0.15) is 12.2 Å². The molecular weight excluding hydrogens is 318 g/mol. The molecule has 2 aliphatic heterocycles. The number of rotatable bonds is 6. The fraction of sp³-hybridized carbons (Fsp3) is 0.684. The molecule has 0 bridgehead atoms. The topological polar surface area (TPSA) is 68.2 Å². The highest BCUT2D eigenvalue weighted by molar-refractivity contribution is 5.46. The molecule has 3 N–H and O–H groups in total. The average Bonchev–Trinajstić information content (AvgIpc) is 2.96. The molecule has 0 saturated carbocycles. The van der Waals surface area contributed by atoms with Crippen LogP contribution in [0, 0.1) is 0 Å². The Balaban J connectivity index is 1.62. The Kier molecular flexibility index (Phi) is 6.30. The number of para-hydroxylation sites is 1. The van der Waals surface area contributed by atoms with E-state index >= 15 is 0 Å². The number of aliphatic hydroxyl groups is 2. The van der Waals surface area contributed by atoms with E-state index in [2.05, 4.69) is 53.2 Å². The predicted molar refractivity (Wildman–Crippen MR) is 98.9 cm³/mol. The van der Waals surface area contributed by atoms with Crippen LogP contribution in [0.3, 0.4) is 0 Å². The average molecular weight is 349 g/mol. The van der Waals surface area contributed by atoms with Crippen molar-refractivity contribution in [1.82, 2.24) is 10.2 Å². The molecule has 1 aromatic carbocycles. The second-order valence-electron chi connectivity index (χ2n) is 7.30. The minimum Gasteiger partial charge on any atom is -0.394 e. The van der Waals surface area contributed by atoms with Crippen molar-refractivity contribution >= 4 is 5.69 Å². The zero-order chi connectivity index (χ0) is 17.8. The zero-order valence-electron chi connectivity index (χ0n) is 15.2. The number of benzene rings is 1. The lowest BCUT2D eigenvalue weighted by atomic mass is 10.0. The summed E-state index contributed by atoms with van der Waals surface area (Å²) in [5.74, 6) is 0. The van der Waals surface area contributed by atoms with Crippen LogP contribution in [-0.4, -0.2) is 84.8 Å². The third-order valence-corrected chi connectivity index (χ3v) is 5.23. The Morgan fingerprint density at radius 1 is 1.12 bits per heavy atom. The summed E-state index contributed by atoms with van der Waals surface area (Å²) in [6.07, 6.45) is -1.24. The van der Waals surface area contributed by atoms with Crippen LogP contribution in [0.1, 0.15) is 13.8 Å². The Labute approximate surface area is 150 Å². The molecule has 0 spiro atoms. The van der Waals surface area contributed by atoms with Crippen molar-refractivity contribution in [1.29, 1.82) is 0 Å². The molecule has 4 atom stereocenters. The zero-order valence-corrected chi connectivity index (χ0v) is 15.2. The van der Waals surface area contributed by atoms with E-state index in [-0.39, 0.29) is 18.8 Å². The minimum absolute atomic E-state index is 0.0682. The first-order chi connectivity index (χ1) is 12.1. The van der Waals surface area contributed by atoms with Crippen molar-refractivity contribution in [2.45, 2.75) is 44.2 Å². The van der Waals surface area contributed by atoms with Crippen LogP contribution < -0.4 is 10.2 Å². The maximum atomic E-state index is 10.7. The lowest BCUT2D eigenvalue weighted by molar-refractivity contribution is -0.0216. The van der Waals surface area contributed by atoms with Gasteiger partial charge in [0.05, 0.1) is 18.8 Å². The number of ether oxygens (including phenoxy) is 1.